The molecule has 0 saturated heterocycles. The van der Waals surface area contributed by atoms with Gasteiger partial charge in [-0.1, -0.05) is 32.0 Å². The topological polar surface area (TPSA) is 70.8 Å². The second kappa shape index (κ2) is 5.57. The lowest BCUT2D eigenvalue weighted by molar-refractivity contribution is -0.138. The number of nitrogens with zero attached hydrogens (tertiary/aromatic N) is 1. The molecule has 0 saturated carbocycles. The zero-order valence-corrected chi connectivity index (χ0v) is 13.4. The van der Waals surface area contributed by atoms with Crippen LogP contribution in [0.1, 0.15) is 53.1 Å². The van der Waals surface area contributed by atoms with Crippen molar-refractivity contribution in [2.24, 2.45) is 0 Å². The summed E-state index contributed by atoms with van der Waals surface area (Å²) >= 11 is 0. The van der Waals surface area contributed by atoms with Gasteiger partial charge in [0.15, 0.2) is 0 Å². The van der Waals surface area contributed by atoms with Gasteiger partial charge in [-0.05, 0) is 24.6 Å². The Morgan fingerprint density at radius 1 is 1.30 bits per heavy atom. The zero-order chi connectivity index (χ0) is 16.7. The first-order valence-corrected chi connectivity index (χ1v) is 7.64. The number of rotatable bonds is 3. The summed E-state index contributed by atoms with van der Waals surface area (Å²) in [5, 5.41) is 9.41. The average Bonchev–Trinajstić information content (AvgIpc) is 3.08. The molecule has 1 aliphatic rings. The molecule has 23 heavy (non-hydrogen) atoms. The van der Waals surface area contributed by atoms with Gasteiger partial charge in [-0.25, -0.2) is 0 Å². The van der Waals surface area contributed by atoms with Crippen LogP contribution >= 0.6 is 0 Å². The van der Waals surface area contributed by atoms with Crippen molar-refractivity contribution in [2.75, 3.05) is 11.4 Å². The second-order valence-corrected chi connectivity index (χ2v) is 6.14. The minimum absolute atomic E-state index is 0.148. The highest BCUT2D eigenvalue weighted by molar-refractivity contribution is 6.09. The summed E-state index contributed by atoms with van der Waals surface area (Å²) in [5.74, 6) is -0.309. The van der Waals surface area contributed by atoms with Crippen LogP contribution in [0.25, 0.3) is 0 Å². The molecule has 1 unspecified atom stereocenters. The number of furan rings is 1. The van der Waals surface area contributed by atoms with E-state index in [4.69, 9.17) is 4.42 Å². The summed E-state index contributed by atoms with van der Waals surface area (Å²) in [7, 11) is 0. The number of carbonyl (C=O) groups is 2. The van der Waals surface area contributed by atoms with Crippen molar-refractivity contribution in [1.82, 2.24) is 0 Å². The maximum atomic E-state index is 12.9. The average molecular weight is 313 g/mol. The first-order valence-electron chi connectivity index (χ1n) is 7.64. The van der Waals surface area contributed by atoms with E-state index < -0.39 is 11.9 Å². The standard InChI is InChI=1S/C18H19NO4/c1-10(2)16-8-13(11(3)23-16)17(20)19-9-14(18(21)22)12-6-4-5-7-15(12)19/h4-8,10,14H,9H2,1-3H3,(H,21,22). The maximum absolute atomic E-state index is 12.9. The number of aliphatic carboxylic acids is 1. The number of carboxylic acids is 1. The number of para-hydroxylation sites is 1. The van der Waals surface area contributed by atoms with E-state index in [2.05, 4.69) is 0 Å². The highest BCUT2D eigenvalue weighted by atomic mass is 16.4. The number of aryl methyl sites for hydroxylation is 1. The molecule has 120 valence electrons. The van der Waals surface area contributed by atoms with Crippen molar-refractivity contribution in [2.45, 2.75) is 32.6 Å². The molecule has 5 nitrogen and oxygen atoms in total. The van der Waals surface area contributed by atoms with Crippen LogP contribution in [0.3, 0.4) is 0 Å². The molecule has 1 atom stereocenters. The van der Waals surface area contributed by atoms with Gasteiger partial charge in [-0.3, -0.25) is 9.59 Å². The lowest BCUT2D eigenvalue weighted by Crippen LogP contribution is -2.31. The number of benzene rings is 1. The summed E-state index contributed by atoms with van der Waals surface area (Å²) in [4.78, 5) is 25.9. The Kier molecular flexibility index (Phi) is 3.72. The third-order valence-electron chi connectivity index (χ3n) is 4.25. The molecule has 0 bridgehead atoms. The maximum Gasteiger partial charge on any atom is 0.312 e. The van der Waals surface area contributed by atoms with Gasteiger partial charge in [0.05, 0.1) is 5.56 Å². The van der Waals surface area contributed by atoms with Crippen LogP contribution in [-0.4, -0.2) is 23.5 Å². The molecule has 1 aromatic heterocycles. The molecule has 3 rings (SSSR count). The van der Waals surface area contributed by atoms with E-state index in [0.717, 1.165) is 5.76 Å². The summed E-state index contributed by atoms with van der Waals surface area (Å²) in [6.07, 6.45) is 0. The molecular weight excluding hydrogens is 294 g/mol. The summed E-state index contributed by atoms with van der Waals surface area (Å²) in [6.45, 7) is 5.90. The van der Waals surface area contributed by atoms with Gasteiger partial charge in [0.1, 0.15) is 17.4 Å². The molecule has 0 radical (unpaired) electrons. The molecule has 1 amide bonds. The van der Waals surface area contributed by atoms with Crippen LogP contribution in [0.5, 0.6) is 0 Å². The Labute approximate surface area is 134 Å². The number of hydrogen-bond acceptors (Lipinski definition) is 3. The van der Waals surface area contributed by atoms with Crippen molar-refractivity contribution >= 4 is 17.6 Å². The molecule has 2 heterocycles. The number of hydrogen-bond donors (Lipinski definition) is 1. The fourth-order valence-corrected chi connectivity index (χ4v) is 2.96. The van der Waals surface area contributed by atoms with Gasteiger partial charge in [-0.15, -0.1) is 0 Å². The van der Waals surface area contributed by atoms with Gasteiger partial charge in [-0.2, -0.15) is 0 Å². The minimum Gasteiger partial charge on any atom is -0.481 e. The van der Waals surface area contributed by atoms with Crippen LogP contribution in [0.4, 0.5) is 5.69 Å². The third-order valence-corrected chi connectivity index (χ3v) is 4.25. The molecule has 0 spiro atoms. The van der Waals surface area contributed by atoms with Crippen LogP contribution in [-0.2, 0) is 4.79 Å². The summed E-state index contributed by atoms with van der Waals surface area (Å²) < 4.78 is 5.66. The second-order valence-electron chi connectivity index (χ2n) is 6.14. The fourth-order valence-electron chi connectivity index (χ4n) is 2.96. The fraction of sp³-hybridized carbons (Fsp3) is 0.333. The van der Waals surface area contributed by atoms with Gasteiger partial charge >= 0.3 is 5.97 Å². The smallest absolute Gasteiger partial charge is 0.312 e. The lowest BCUT2D eigenvalue weighted by atomic mass is 10.0. The van der Waals surface area contributed by atoms with Gasteiger partial charge in [0.25, 0.3) is 5.91 Å². The minimum atomic E-state index is -0.917. The van der Waals surface area contributed by atoms with E-state index in [9.17, 15) is 14.7 Å². The molecule has 0 fully saturated rings. The number of fused-ring (bicyclic) bond motifs is 1. The van der Waals surface area contributed by atoms with Crippen LogP contribution < -0.4 is 4.90 Å². The lowest BCUT2D eigenvalue weighted by Gasteiger charge is -2.16. The normalized spacial score (nSPS) is 16.7. The molecule has 0 aliphatic carbocycles. The third kappa shape index (κ3) is 2.52. The van der Waals surface area contributed by atoms with Crippen LogP contribution in [0.15, 0.2) is 34.7 Å². The highest BCUT2D eigenvalue weighted by Crippen LogP contribution is 2.37. The number of amides is 1. The predicted octanol–water partition coefficient (Wildman–Crippen LogP) is 3.54. The Morgan fingerprint density at radius 3 is 2.61 bits per heavy atom. The number of carbonyl (C=O) groups excluding carboxylic acids is 1. The van der Waals surface area contributed by atoms with E-state index in [1.54, 1.807) is 31.2 Å². The van der Waals surface area contributed by atoms with Gasteiger partial charge in [0, 0.05) is 18.2 Å². The first kappa shape index (κ1) is 15.3. The van der Waals surface area contributed by atoms with Crippen molar-refractivity contribution in [3.63, 3.8) is 0 Å². The summed E-state index contributed by atoms with van der Waals surface area (Å²) in [6, 6.07) is 8.92. The first-order chi connectivity index (χ1) is 10.9. The van der Waals surface area contributed by atoms with Gasteiger partial charge in [0.2, 0.25) is 0 Å². The largest absolute Gasteiger partial charge is 0.481 e. The predicted molar refractivity (Wildman–Crippen MR) is 86.0 cm³/mol. The zero-order valence-electron chi connectivity index (χ0n) is 13.4. The SMILES string of the molecule is Cc1oc(C(C)C)cc1C(=O)N1CC(C(=O)O)c2ccccc21. The van der Waals surface area contributed by atoms with Crippen molar-refractivity contribution in [3.8, 4) is 0 Å². The van der Waals surface area contributed by atoms with Crippen LogP contribution in [0.2, 0.25) is 0 Å². The molecule has 1 aliphatic heterocycles. The van der Waals surface area contributed by atoms with Crippen molar-refractivity contribution in [3.05, 3.63) is 53.0 Å². The molecular formula is C18H19NO4. The summed E-state index contributed by atoms with van der Waals surface area (Å²) in [5.41, 5.74) is 1.84. The van der Waals surface area contributed by atoms with E-state index in [1.165, 1.54) is 4.90 Å². The van der Waals surface area contributed by atoms with Gasteiger partial charge < -0.3 is 14.4 Å². The van der Waals surface area contributed by atoms with Crippen molar-refractivity contribution < 1.29 is 19.1 Å². The Bertz CT molecular complexity index is 775. The quantitative estimate of drug-likeness (QED) is 0.941. The molecule has 5 heteroatoms. The van der Waals surface area contributed by atoms with E-state index in [0.29, 0.717) is 22.6 Å². The monoisotopic (exact) mass is 313 g/mol. The highest BCUT2D eigenvalue weighted by Gasteiger charge is 2.37. The molecule has 1 N–H and O–H groups in total. The van der Waals surface area contributed by atoms with E-state index in [1.807, 2.05) is 19.9 Å². The Balaban J connectivity index is 1.99. The van der Waals surface area contributed by atoms with Crippen LogP contribution in [0, 0.1) is 6.92 Å². The Hall–Kier alpha value is -2.56. The number of anilines is 1. The van der Waals surface area contributed by atoms with E-state index in [-0.39, 0.29) is 18.4 Å². The molecule has 1 aromatic carbocycles. The van der Waals surface area contributed by atoms with E-state index >= 15 is 0 Å². The molecule has 2 aromatic rings. The Morgan fingerprint density at radius 2 is 2.00 bits per heavy atom. The van der Waals surface area contributed by atoms with Crippen molar-refractivity contribution in [1.29, 1.82) is 0 Å². The number of carboxylic acid groups (broad SMARTS) is 1.